The number of nitrogens with one attached hydrogen (secondary N) is 2. The summed E-state index contributed by atoms with van der Waals surface area (Å²) >= 11 is 0. The number of amides is 1. The minimum Gasteiger partial charge on any atom is -0.378 e. The van der Waals surface area contributed by atoms with Crippen molar-refractivity contribution in [2.45, 2.75) is 33.0 Å². The Hall–Kier alpha value is -0.760. The van der Waals surface area contributed by atoms with Crippen LogP contribution in [0.2, 0.25) is 0 Å². The van der Waals surface area contributed by atoms with Crippen molar-refractivity contribution in [3.8, 4) is 0 Å². The molecule has 21 heavy (non-hydrogen) atoms. The van der Waals surface area contributed by atoms with Gasteiger partial charge in [0.2, 0.25) is 5.91 Å². The zero-order chi connectivity index (χ0) is 15.9. The van der Waals surface area contributed by atoms with Crippen LogP contribution in [0.3, 0.4) is 0 Å². The van der Waals surface area contributed by atoms with E-state index in [0.29, 0.717) is 26.4 Å². The van der Waals surface area contributed by atoms with Crippen LogP contribution in [0.4, 0.5) is 4.39 Å². The number of hydrogen-bond acceptors (Lipinski definition) is 5. The quantitative estimate of drug-likeness (QED) is 0.458. The van der Waals surface area contributed by atoms with Crippen LogP contribution < -0.4 is 10.6 Å². The van der Waals surface area contributed by atoms with Crippen molar-refractivity contribution in [2.24, 2.45) is 0 Å². The van der Waals surface area contributed by atoms with Crippen LogP contribution in [0.1, 0.15) is 20.8 Å². The third-order valence-electron chi connectivity index (χ3n) is 2.53. The monoisotopic (exact) mass is 308 g/mol. The number of rotatable bonds is 14. The van der Waals surface area contributed by atoms with E-state index in [1.54, 1.807) is 0 Å². The summed E-state index contributed by atoms with van der Waals surface area (Å²) < 4.78 is 29.3. The van der Waals surface area contributed by atoms with E-state index in [1.807, 2.05) is 13.8 Å². The summed E-state index contributed by atoms with van der Waals surface area (Å²) in [6.07, 6.45) is -1.31. The normalized spacial score (nSPS) is 13.9. The second kappa shape index (κ2) is 14.2. The van der Waals surface area contributed by atoms with Gasteiger partial charge >= 0.3 is 0 Å². The summed E-state index contributed by atoms with van der Waals surface area (Å²) in [5.41, 5.74) is 0. The van der Waals surface area contributed by atoms with Crippen LogP contribution in [0, 0.1) is 0 Å². The minimum absolute atomic E-state index is 0.0236. The molecule has 6 nitrogen and oxygen atoms in total. The number of halogens is 1. The van der Waals surface area contributed by atoms with E-state index in [4.69, 9.17) is 14.2 Å². The first-order valence-corrected chi connectivity index (χ1v) is 7.42. The number of carbonyl (C=O) groups excluding carboxylic acids is 1. The van der Waals surface area contributed by atoms with Gasteiger partial charge in [0.15, 0.2) is 0 Å². The summed E-state index contributed by atoms with van der Waals surface area (Å²) in [5.74, 6) is -0.247. The lowest BCUT2D eigenvalue weighted by molar-refractivity contribution is -0.119. The van der Waals surface area contributed by atoms with E-state index < -0.39 is 6.17 Å². The molecule has 0 saturated heterocycles. The van der Waals surface area contributed by atoms with Gasteiger partial charge in [-0.05, 0) is 13.5 Å². The Morgan fingerprint density at radius 1 is 1.19 bits per heavy atom. The molecule has 0 heterocycles. The molecule has 0 aromatic rings. The summed E-state index contributed by atoms with van der Waals surface area (Å²) in [5, 5.41) is 5.56. The zero-order valence-corrected chi connectivity index (χ0v) is 13.3. The Bertz CT molecular complexity index is 257. The van der Waals surface area contributed by atoms with Crippen LogP contribution in [0.5, 0.6) is 0 Å². The SMILES string of the molecule is CCNCCOCCOC(C)COCC(F)CNC(C)=O. The summed E-state index contributed by atoms with van der Waals surface area (Å²) in [7, 11) is 0. The van der Waals surface area contributed by atoms with Crippen LogP contribution in [-0.2, 0) is 19.0 Å². The van der Waals surface area contributed by atoms with Crippen LogP contribution in [0.25, 0.3) is 0 Å². The standard InChI is InChI=1S/C14H29FN2O4/c1-4-16-5-6-19-7-8-21-12(2)10-20-11-14(15)9-17-13(3)18/h12,14,16H,4-11H2,1-3H3,(H,17,18). The average molecular weight is 308 g/mol. The molecule has 0 aliphatic carbocycles. The van der Waals surface area contributed by atoms with Gasteiger partial charge in [0.05, 0.1) is 45.7 Å². The first kappa shape index (κ1) is 20.2. The molecule has 0 rings (SSSR count). The predicted octanol–water partition coefficient (Wildman–Crippen LogP) is 0.508. The molecule has 0 radical (unpaired) electrons. The van der Waals surface area contributed by atoms with E-state index in [9.17, 15) is 9.18 Å². The second-order valence-corrected chi connectivity index (χ2v) is 4.72. The molecule has 0 aromatic carbocycles. The van der Waals surface area contributed by atoms with Crippen LogP contribution >= 0.6 is 0 Å². The van der Waals surface area contributed by atoms with E-state index in [0.717, 1.165) is 13.1 Å². The molecule has 0 fully saturated rings. The van der Waals surface area contributed by atoms with Crippen molar-refractivity contribution in [1.82, 2.24) is 10.6 Å². The molecule has 0 spiro atoms. The van der Waals surface area contributed by atoms with E-state index in [1.165, 1.54) is 6.92 Å². The molecule has 0 aromatic heterocycles. The fraction of sp³-hybridized carbons (Fsp3) is 0.929. The highest BCUT2D eigenvalue weighted by Crippen LogP contribution is 1.96. The molecule has 126 valence electrons. The lowest BCUT2D eigenvalue weighted by Gasteiger charge is -2.15. The molecular formula is C14H29FN2O4. The highest BCUT2D eigenvalue weighted by atomic mass is 19.1. The van der Waals surface area contributed by atoms with Gasteiger partial charge in [0, 0.05) is 13.5 Å². The van der Waals surface area contributed by atoms with Gasteiger partial charge in [-0.2, -0.15) is 0 Å². The number of ether oxygens (including phenoxy) is 3. The number of hydrogen-bond donors (Lipinski definition) is 2. The van der Waals surface area contributed by atoms with Gasteiger partial charge in [-0.1, -0.05) is 6.92 Å². The molecule has 0 saturated carbocycles. The molecule has 0 bridgehead atoms. The van der Waals surface area contributed by atoms with Gasteiger partial charge in [-0.15, -0.1) is 0 Å². The number of alkyl halides is 1. The van der Waals surface area contributed by atoms with Crippen molar-refractivity contribution >= 4 is 5.91 Å². The maximum absolute atomic E-state index is 13.3. The molecule has 2 unspecified atom stereocenters. The third kappa shape index (κ3) is 15.4. The molecule has 2 N–H and O–H groups in total. The number of likely N-dealkylation sites (N-methyl/N-ethyl adjacent to an activating group) is 1. The lowest BCUT2D eigenvalue weighted by Crippen LogP contribution is -2.31. The van der Waals surface area contributed by atoms with E-state index >= 15 is 0 Å². The molecule has 2 atom stereocenters. The van der Waals surface area contributed by atoms with E-state index in [2.05, 4.69) is 10.6 Å². The zero-order valence-electron chi connectivity index (χ0n) is 13.3. The van der Waals surface area contributed by atoms with Crippen LogP contribution in [0.15, 0.2) is 0 Å². The van der Waals surface area contributed by atoms with Gasteiger partial charge in [0.25, 0.3) is 0 Å². The van der Waals surface area contributed by atoms with Crippen molar-refractivity contribution in [2.75, 3.05) is 52.7 Å². The van der Waals surface area contributed by atoms with Gasteiger partial charge < -0.3 is 24.8 Å². The highest BCUT2D eigenvalue weighted by Gasteiger charge is 2.09. The summed E-state index contributed by atoms with van der Waals surface area (Å²) in [6, 6.07) is 0. The van der Waals surface area contributed by atoms with Gasteiger partial charge in [0.1, 0.15) is 6.17 Å². The minimum atomic E-state index is -1.20. The first-order chi connectivity index (χ1) is 10.1. The maximum Gasteiger partial charge on any atom is 0.216 e. The lowest BCUT2D eigenvalue weighted by atomic mass is 10.4. The van der Waals surface area contributed by atoms with Crippen molar-refractivity contribution in [3.63, 3.8) is 0 Å². The largest absolute Gasteiger partial charge is 0.378 e. The number of carbonyl (C=O) groups is 1. The Morgan fingerprint density at radius 3 is 2.62 bits per heavy atom. The van der Waals surface area contributed by atoms with Crippen molar-refractivity contribution < 1.29 is 23.4 Å². The van der Waals surface area contributed by atoms with Crippen molar-refractivity contribution in [3.05, 3.63) is 0 Å². The smallest absolute Gasteiger partial charge is 0.216 e. The molecule has 0 aliphatic rings. The summed E-state index contributed by atoms with van der Waals surface area (Å²) in [4.78, 5) is 10.6. The molecular weight excluding hydrogens is 279 g/mol. The Balaban J connectivity index is 3.33. The fourth-order valence-electron chi connectivity index (χ4n) is 1.45. The average Bonchev–Trinajstić information content (AvgIpc) is 2.44. The molecule has 0 aliphatic heterocycles. The molecule has 7 heteroatoms. The second-order valence-electron chi connectivity index (χ2n) is 4.72. The fourth-order valence-corrected chi connectivity index (χ4v) is 1.45. The topological polar surface area (TPSA) is 68.8 Å². The Morgan fingerprint density at radius 2 is 1.95 bits per heavy atom. The first-order valence-electron chi connectivity index (χ1n) is 7.42. The van der Waals surface area contributed by atoms with Crippen LogP contribution in [-0.4, -0.2) is 70.9 Å². The highest BCUT2D eigenvalue weighted by molar-refractivity contribution is 5.72. The van der Waals surface area contributed by atoms with Gasteiger partial charge in [-0.3, -0.25) is 4.79 Å². The summed E-state index contributed by atoms with van der Waals surface area (Å²) in [6.45, 7) is 8.95. The maximum atomic E-state index is 13.3. The van der Waals surface area contributed by atoms with Crippen molar-refractivity contribution in [1.29, 1.82) is 0 Å². The van der Waals surface area contributed by atoms with Gasteiger partial charge in [-0.25, -0.2) is 4.39 Å². The Labute approximate surface area is 126 Å². The predicted molar refractivity (Wildman–Crippen MR) is 79.2 cm³/mol. The third-order valence-corrected chi connectivity index (χ3v) is 2.53. The molecule has 1 amide bonds. The van der Waals surface area contributed by atoms with E-state index in [-0.39, 0.29) is 25.2 Å². The Kier molecular flexibility index (Phi) is 13.7.